The average Bonchev–Trinajstić information content (AvgIpc) is 3.76. The number of aromatic nitrogens is 3. The van der Waals surface area contributed by atoms with Crippen LogP contribution in [0.1, 0.15) is 58.2 Å². The number of oxazole rings is 2. The lowest BCUT2D eigenvalue weighted by Gasteiger charge is -2.18. The fourth-order valence-electron chi connectivity index (χ4n) is 6.29. The van der Waals surface area contributed by atoms with Crippen LogP contribution in [0.2, 0.25) is 0 Å². The van der Waals surface area contributed by atoms with Crippen LogP contribution in [0.4, 0.5) is 0 Å². The topological polar surface area (TPSA) is 80.8 Å². The Balaban J connectivity index is 1.32. The molecule has 0 amide bonds. The third-order valence-corrected chi connectivity index (χ3v) is 9.02. The van der Waals surface area contributed by atoms with Crippen LogP contribution in [0.3, 0.4) is 0 Å². The molecule has 6 heteroatoms. The number of hydrogen-bond donors (Lipinski definition) is 0. The molecule has 0 saturated carbocycles. The first-order chi connectivity index (χ1) is 22.5. The minimum Gasteiger partial charge on any atom is -0.436 e. The van der Waals surface area contributed by atoms with Crippen molar-refractivity contribution in [2.75, 3.05) is 0 Å². The summed E-state index contributed by atoms with van der Waals surface area (Å²) in [5.74, 6) is 1.16. The Morgan fingerprint density at radius 2 is 1.04 bits per heavy atom. The first-order valence-electron chi connectivity index (χ1n) is 15.9. The number of nitrogens with zero attached hydrogens (tertiary/aromatic N) is 4. The third kappa shape index (κ3) is 4.87. The molecule has 0 radical (unpaired) electrons. The minimum atomic E-state index is 0.0147. The van der Waals surface area contributed by atoms with E-state index in [1.807, 2.05) is 36.4 Å². The van der Waals surface area contributed by atoms with Gasteiger partial charge in [0.15, 0.2) is 11.2 Å². The van der Waals surface area contributed by atoms with Gasteiger partial charge < -0.3 is 13.4 Å². The van der Waals surface area contributed by atoms with E-state index in [9.17, 15) is 5.26 Å². The highest BCUT2D eigenvalue weighted by Gasteiger charge is 2.20. The first-order valence-corrected chi connectivity index (χ1v) is 15.9. The molecule has 0 spiro atoms. The minimum absolute atomic E-state index is 0.0147. The lowest BCUT2D eigenvalue weighted by Crippen LogP contribution is -2.10. The van der Waals surface area contributed by atoms with E-state index >= 15 is 0 Å². The summed E-state index contributed by atoms with van der Waals surface area (Å²) >= 11 is 0. The zero-order valence-electron chi connectivity index (χ0n) is 27.3. The molecule has 0 bridgehead atoms. The summed E-state index contributed by atoms with van der Waals surface area (Å²) in [4.78, 5) is 9.83. The molecule has 0 atom stereocenters. The summed E-state index contributed by atoms with van der Waals surface area (Å²) in [6.45, 7) is 13.2. The highest BCUT2D eigenvalue weighted by Crippen LogP contribution is 2.38. The van der Waals surface area contributed by atoms with Crippen molar-refractivity contribution in [3.8, 4) is 34.7 Å². The second-order valence-corrected chi connectivity index (χ2v) is 14.4. The summed E-state index contributed by atoms with van der Waals surface area (Å²) < 4.78 is 14.8. The van der Waals surface area contributed by atoms with E-state index in [1.54, 1.807) is 0 Å². The predicted molar refractivity (Wildman–Crippen MR) is 189 cm³/mol. The zero-order valence-corrected chi connectivity index (χ0v) is 27.3. The lowest BCUT2D eigenvalue weighted by molar-refractivity contribution is 0.589. The van der Waals surface area contributed by atoms with Gasteiger partial charge in [0.25, 0.3) is 0 Å². The van der Waals surface area contributed by atoms with Crippen LogP contribution >= 0.6 is 0 Å². The maximum absolute atomic E-state index is 9.41. The average molecular weight is 615 g/mol. The van der Waals surface area contributed by atoms with Crippen LogP contribution in [-0.2, 0) is 10.8 Å². The predicted octanol–water partition coefficient (Wildman–Crippen LogP) is 10.9. The van der Waals surface area contributed by atoms with Gasteiger partial charge in [0.1, 0.15) is 11.0 Å². The van der Waals surface area contributed by atoms with Crippen LogP contribution < -0.4 is 0 Å². The number of nitriles is 1. The first kappa shape index (κ1) is 28.8. The maximum atomic E-state index is 9.41. The number of hydrogen-bond acceptors (Lipinski definition) is 5. The van der Waals surface area contributed by atoms with Crippen molar-refractivity contribution in [1.82, 2.24) is 14.5 Å². The van der Waals surface area contributed by atoms with Crippen molar-refractivity contribution in [1.29, 1.82) is 5.26 Å². The van der Waals surface area contributed by atoms with Crippen LogP contribution in [0.25, 0.3) is 72.6 Å². The second kappa shape index (κ2) is 10.2. The van der Waals surface area contributed by atoms with E-state index in [0.717, 1.165) is 60.8 Å². The quantitative estimate of drug-likeness (QED) is 0.198. The normalized spacial score (nSPS) is 12.4. The third-order valence-electron chi connectivity index (χ3n) is 9.02. The molecule has 8 aromatic rings. The smallest absolute Gasteiger partial charge is 0.227 e. The lowest BCUT2D eigenvalue weighted by atomic mass is 9.87. The standard InChI is InChI=1S/C41H34N4O2/c1-40(2,3)27-11-17-36-32(21-27)43-38(46-36)25-9-15-34-30(19-25)31-20-26(10-16-35(31)45(34)29-13-7-24(23-42)8-14-29)39-44-33-22-28(41(4,5)6)12-18-37(33)47-39/h7-22H,1-6H3. The Morgan fingerprint density at radius 3 is 1.47 bits per heavy atom. The van der Waals surface area contributed by atoms with Gasteiger partial charge in [0.05, 0.1) is 22.7 Å². The van der Waals surface area contributed by atoms with Gasteiger partial charge in [-0.1, -0.05) is 53.7 Å². The van der Waals surface area contributed by atoms with E-state index in [2.05, 4.69) is 113 Å². The summed E-state index contributed by atoms with van der Waals surface area (Å²) in [7, 11) is 0. The fourth-order valence-corrected chi connectivity index (χ4v) is 6.29. The van der Waals surface area contributed by atoms with Crippen LogP contribution in [0.15, 0.2) is 106 Å². The molecule has 0 N–H and O–H groups in total. The van der Waals surface area contributed by atoms with Gasteiger partial charge in [-0.3, -0.25) is 0 Å². The van der Waals surface area contributed by atoms with Crippen LogP contribution in [0, 0.1) is 11.3 Å². The van der Waals surface area contributed by atoms with Crippen LogP contribution in [-0.4, -0.2) is 14.5 Å². The van der Waals surface area contributed by atoms with E-state index in [-0.39, 0.29) is 10.8 Å². The van der Waals surface area contributed by atoms with Gasteiger partial charge >= 0.3 is 0 Å². The largest absolute Gasteiger partial charge is 0.436 e. The molecule has 47 heavy (non-hydrogen) atoms. The molecule has 0 saturated heterocycles. The highest BCUT2D eigenvalue weighted by molar-refractivity contribution is 6.11. The summed E-state index contributed by atoms with van der Waals surface area (Å²) in [6.07, 6.45) is 0. The van der Waals surface area contributed by atoms with Crippen LogP contribution in [0.5, 0.6) is 0 Å². The molecule has 8 rings (SSSR count). The van der Waals surface area contributed by atoms with Gasteiger partial charge in [0, 0.05) is 27.6 Å². The van der Waals surface area contributed by atoms with Gasteiger partial charge in [-0.2, -0.15) is 5.26 Å². The monoisotopic (exact) mass is 614 g/mol. The Labute approximate surface area is 272 Å². The summed E-state index contributed by atoms with van der Waals surface area (Å²) in [5, 5.41) is 11.5. The van der Waals surface area contributed by atoms with Gasteiger partial charge in [-0.15, -0.1) is 0 Å². The SMILES string of the molecule is CC(C)(C)c1ccc2oc(-c3ccc4c(c3)c3cc(-c5nc6cc(C(C)(C)C)ccc6o5)ccc3n4-c3ccc(C#N)cc3)nc2c1. The molecule has 0 aliphatic rings. The Kier molecular flexibility index (Phi) is 6.23. The van der Waals surface area contributed by atoms with Gasteiger partial charge in [-0.25, -0.2) is 9.97 Å². The number of benzene rings is 5. The van der Waals surface area contributed by atoms with Crippen molar-refractivity contribution < 1.29 is 8.83 Å². The van der Waals surface area contributed by atoms with Crippen molar-refractivity contribution in [2.24, 2.45) is 0 Å². The summed E-state index contributed by atoms with van der Waals surface area (Å²) in [6, 6.07) is 35.1. The molecule has 0 fully saturated rings. The molecule has 5 aromatic carbocycles. The highest BCUT2D eigenvalue weighted by atomic mass is 16.4. The molecule has 230 valence electrons. The zero-order chi connectivity index (χ0) is 32.7. The van der Waals surface area contributed by atoms with E-state index < -0.39 is 0 Å². The molecule has 3 aromatic heterocycles. The molecule has 6 nitrogen and oxygen atoms in total. The number of fused-ring (bicyclic) bond motifs is 5. The van der Waals surface area contributed by atoms with Crippen molar-refractivity contribution in [3.63, 3.8) is 0 Å². The van der Waals surface area contributed by atoms with Gasteiger partial charge in [0.2, 0.25) is 11.8 Å². The molecule has 0 aliphatic carbocycles. The number of rotatable bonds is 3. The van der Waals surface area contributed by atoms with Gasteiger partial charge in [-0.05, 0) is 107 Å². The molecular formula is C41H34N4O2. The molecule has 0 unspecified atom stereocenters. The van der Waals surface area contributed by atoms with Crippen molar-refractivity contribution >= 4 is 44.0 Å². The maximum Gasteiger partial charge on any atom is 0.227 e. The van der Waals surface area contributed by atoms with E-state index in [1.165, 1.54) is 11.1 Å². The second-order valence-electron chi connectivity index (χ2n) is 14.4. The van der Waals surface area contributed by atoms with Crippen molar-refractivity contribution in [2.45, 2.75) is 52.4 Å². The Hall–Kier alpha value is -5.67. The van der Waals surface area contributed by atoms with E-state index in [0.29, 0.717) is 17.3 Å². The summed E-state index contributed by atoms with van der Waals surface area (Å²) in [5.41, 5.74) is 11.1. The van der Waals surface area contributed by atoms with E-state index in [4.69, 9.17) is 18.8 Å². The molecule has 3 heterocycles. The Morgan fingerprint density at radius 1 is 0.574 bits per heavy atom. The fraction of sp³-hybridized carbons (Fsp3) is 0.195. The molecular weight excluding hydrogens is 580 g/mol. The van der Waals surface area contributed by atoms with Crippen molar-refractivity contribution in [3.05, 3.63) is 114 Å². The molecule has 0 aliphatic heterocycles. The Bertz CT molecular complexity index is 2390.